The Balaban J connectivity index is 2.30. The SMILES string of the molecule is [2H]C([2H])(CCCn1c(=O)c2c(nc(C)n2C)n(C)c1=O)C(=O)N(C)OC. The summed E-state index contributed by atoms with van der Waals surface area (Å²) < 4.78 is 19.7. The summed E-state index contributed by atoms with van der Waals surface area (Å²) in [7, 11) is 5.81. The molecule has 0 unspecified atom stereocenters. The van der Waals surface area contributed by atoms with E-state index in [0.717, 1.165) is 9.63 Å². The molecule has 1 amide bonds. The molecule has 0 spiro atoms. The van der Waals surface area contributed by atoms with Crippen LogP contribution >= 0.6 is 0 Å². The summed E-state index contributed by atoms with van der Waals surface area (Å²) in [5, 5.41) is 0.815. The highest BCUT2D eigenvalue weighted by Gasteiger charge is 2.16. The molecule has 0 saturated carbocycles. The molecule has 132 valence electrons. The molecule has 9 heteroatoms. The van der Waals surface area contributed by atoms with E-state index in [2.05, 4.69) is 4.98 Å². The van der Waals surface area contributed by atoms with Gasteiger partial charge in [0, 0.05) is 36.8 Å². The molecule has 2 heterocycles. The van der Waals surface area contributed by atoms with Crippen LogP contribution < -0.4 is 11.2 Å². The number of carbonyl (C=O) groups excluding carboxylic acids is 1. The molecule has 0 fully saturated rings. The molecule has 2 aromatic heterocycles. The van der Waals surface area contributed by atoms with Crippen molar-refractivity contribution < 1.29 is 12.4 Å². The van der Waals surface area contributed by atoms with E-state index in [-0.39, 0.29) is 19.4 Å². The highest BCUT2D eigenvalue weighted by atomic mass is 16.7. The van der Waals surface area contributed by atoms with Crippen LogP contribution in [0.3, 0.4) is 0 Å². The lowest BCUT2D eigenvalue weighted by Crippen LogP contribution is -2.39. The largest absolute Gasteiger partial charge is 0.332 e. The molecule has 0 aliphatic rings. The van der Waals surface area contributed by atoms with Gasteiger partial charge >= 0.3 is 5.69 Å². The van der Waals surface area contributed by atoms with E-state index >= 15 is 0 Å². The van der Waals surface area contributed by atoms with E-state index in [1.807, 2.05) is 0 Å². The monoisotopic (exact) mass is 339 g/mol. The van der Waals surface area contributed by atoms with Gasteiger partial charge in [-0.15, -0.1) is 0 Å². The summed E-state index contributed by atoms with van der Waals surface area (Å²) in [6.07, 6.45) is -2.18. The molecule has 0 aromatic carbocycles. The summed E-state index contributed by atoms with van der Waals surface area (Å²) >= 11 is 0. The number of hydroxylamine groups is 2. The molecule has 0 N–H and O–H groups in total. The molecular weight excluding hydrogens is 314 g/mol. The second kappa shape index (κ2) is 7.00. The average molecular weight is 339 g/mol. The Morgan fingerprint density at radius 1 is 1.29 bits per heavy atom. The van der Waals surface area contributed by atoms with Crippen molar-refractivity contribution in [3.8, 4) is 0 Å². The third-order valence-electron chi connectivity index (χ3n) is 3.98. The van der Waals surface area contributed by atoms with Crippen LogP contribution in [0.15, 0.2) is 9.59 Å². The van der Waals surface area contributed by atoms with Gasteiger partial charge in [0.1, 0.15) is 5.82 Å². The summed E-state index contributed by atoms with van der Waals surface area (Å²) in [6.45, 7) is 1.73. The second-order valence-electron chi connectivity index (χ2n) is 5.45. The van der Waals surface area contributed by atoms with Gasteiger partial charge < -0.3 is 4.57 Å². The quantitative estimate of drug-likeness (QED) is 0.687. The Kier molecular flexibility index (Phi) is 4.41. The number of hydrogen-bond acceptors (Lipinski definition) is 5. The number of rotatable bonds is 6. The molecule has 2 rings (SSSR count). The third-order valence-corrected chi connectivity index (χ3v) is 3.98. The maximum Gasteiger partial charge on any atom is 0.332 e. The van der Waals surface area contributed by atoms with Crippen LogP contribution in [-0.2, 0) is 30.3 Å². The van der Waals surface area contributed by atoms with E-state index in [1.165, 1.54) is 25.8 Å². The van der Waals surface area contributed by atoms with Gasteiger partial charge in [0.05, 0.1) is 7.11 Å². The van der Waals surface area contributed by atoms with Crippen LogP contribution in [0.1, 0.15) is 27.8 Å². The van der Waals surface area contributed by atoms with E-state index in [4.69, 9.17) is 7.58 Å². The van der Waals surface area contributed by atoms with Gasteiger partial charge in [-0.05, 0) is 19.8 Å². The van der Waals surface area contributed by atoms with Crippen molar-refractivity contribution in [2.24, 2.45) is 14.1 Å². The van der Waals surface area contributed by atoms with Crippen molar-refractivity contribution in [1.29, 1.82) is 0 Å². The minimum atomic E-state index is -2.16. The maximum atomic E-state index is 12.7. The fourth-order valence-electron chi connectivity index (χ4n) is 2.38. The van der Waals surface area contributed by atoms with Crippen molar-refractivity contribution in [1.82, 2.24) is 23.7 Å². The van der Waals surface area contributed by atoms with Gasteiger partial charge in [0.2, 0.25) is 5.91 Å². The molecule has 24 heavy (non-hydrogen) atoms. The fourth-order valence-corrected chi connectivity index (χ4v) is 2.38. The van der Waals surface area contributed by atoms with Crippen LogP contribution in [0.25, 0.3) is 11.2 Å². The summed E-state index contributed by atoms with van der Waals surface area (Å²) in [4.78, 5) is 46.0. The molecular formula is C15H23N5O4. The first-order valence-corrected chi connectivity index (χ1v) is 7.48. The lowest BCUT2D eigenvalue weighted by Gasteiger charge is -2.13. The highest BCUT2D eigenvalue weighted by Crippen LogP contribution is 2.08. The van der Waals surface area contributed by atoms with Crippen molar-refractivity contribution in [2.75, 3.05) is 14.2 Å². The summed E-state index contributed by atoms with van der Waals surface area (Å²) in [5.41, 5.74) is -0.389. The first-order chi connectivity index (χ1) is 12.0. The standard InChI is InChI=1S/C15H23N5O4/c1-10-16-13-12(17(10)2)14(22)20(15(23)18(13)3)9-7-6-8-11(21)19(4)24-5/h6-9H2,1-5H3/i8D2. The number of nitrogens with zero attached hydrogens (tertiary/aromatic N) is 5. The highest BCUT2D eigenvalue weighted by molar-refractivity contribution is 5.74. The number of fused-ring (bicyclic) bond motifs is 1. The van der Waals surface area contributed by atoms with Gasteiger partial charge in [-0.1, -0.05) is 0 Å². The molecule has 0 aliphatic heterocycles. The number of aromatic nitrogens is 4. The Morgan fingerprint density at radius 2 is 1.96 bits per heavy atom. The van der Waals surface area contributed by atoms with Crippen LogP contribution in [0.5, 0.6) is 0 Å². The van der Waals surface area contributed by atoms with Gasteiger partial charge in [-0.2, -0.15) is 0 Å². The first-order valence-electron chi connectivity index (χ1n) is 8.48. The normalized spacial score (nSPS) is 13.0. The van der Waals surface area contributed by atoms with Crippen molar-refractivity contribution in [3.63, 3.8) is 0 Å². The molecule has 9 nitrogen and oxygen atoms in total. The Bertz CT molecular complexity index is 960. The smallest absolute Gasteiger partial charge is 0.325 e. The van der Waals surface area contributed by atoms with Crippen molar-refractivity contribution in [2.45, 2.75) is 32.7 Å². The van der Waals surface area contributed by atoms with E-state index < -0.39 is 23.5 Å². The van der Waals surface area contributed by atoms with Crippen LogP contribution in [0, 0.1) is 6.92 Å². The number of carbonyl (C=O) groups is 1. The fraction of sp³-hybridized carbons (Fsp3) is 0.600. The average Bonchev–Trinajstić information content (AvgIpc) is 2.89. The number of amides is 1. The zero-order valence-corrected chi connectivity index (χ0v) is 14.5. The van der Waals surface area contributed by atoms with Gasteiger partial charge in [-0.25, -0.2) is 14.8 Å². The van der Waals surface area contributed by atoms with Crippen molar-refractivity contribution >= 4 is 17.1 Å². The topological polar surface area (TPSA) is 91.4 Å². The summed E-state index contributed by atoms with van der Waals surface area (Å²) in [6, 6.07) is 0. The lowest BCUT2D eigenvalue weighted by molar-refractivity contribution is -0.168. The third kappa shape index (κ3) is 3.12. The van der Waals surface area contributed by atoms with Gasteiger partial charge in [0.15, 0.2) is 11.2 Å². The molecule has 0 bridgehead atoms. The number of aryl methyl sites for hydroxylation is 3. The molecule has 0 saturated heterocycles. The Hall–Kier alpha value is -2.42. The van der Waals surface area contributed by atoms with Crippen LogP contribution in [0.2, 0.25) is 0 Å². The lowest BCUT2D eigenvalue weighted by atomic mass is 10.2. The molecule has 0 atom stereocenters. The predicted octanol–water partition coefficient (Wildman–Crippen LogP) is -0.0678. The van der Waals surface area contributed by atoms with E-state index in [0.29, 0.717) is 17.0 Å². The van der Waals surface area contributed by atoms with Gasteiger partial charge in [-0.3, -0.25) is 23.6 Å². The second-order valence-corrected chi connectivity index (χ2v) is 5.45. The van der Waals surface area contributed by atoms with Crippen LogP contribution in [0.4, 0.5) is 0 Å². The Labute approximate surface area is 141 Å². The maximum absolute atomic E-state index is 12.7. The van der Waals surface area contributed by atoms with Gasteiger partial charge in [0.25, 0.3) is 5.56 Å². The first kappa shape index (κ1) is 15.1. The number of imidazole rings is 1. The molecule has 2 aromatic rings. The van der Waals surface area contributed by atoms with Crippen LogP contribution in [-0.4, -0.2) is 43.8 Å². The molecule has 0 radical (unpaired) electrons. The summed E-state index contributed by atoms with van der Waals surface area (Å²) in [5.74, 6) is -0.215. The zero-order chi connectivity index (χ0) is 19.8. The zero-order valence-electron chi connectivity index (χ0n) is 16.5. The van der Waals surface area contributed by atoms with E-state index in [9.17, 15) is 14.4 Å². The molecule has 0 aliphatic carbocycles. The van der Waals surface area contributed by atoms with Crippen molar-refractivity contribution in [3.05, 3.63) is 26.7 Å². The minimum Gasteiger partial charge on any atom is -0.325 e. The minimum absolute atomic E-state index is 0.00480. The predicted molar refractivity (Wildman–Crippen MR) is 88.6 cm³/mol. The Morgan fingerprint density at radius 3 is 2.58 bits per heavy atom. The van der Waals surface area contributed by atoms with E-state index in [1.54, 1.807) is 18.5 Å². The number of hydrogen-bond donors (Lipinski definition) is 0.